The van der Waals surface area contributed by atoms with Gasteiger partial charge in [-0.3, -0.25) is 5.21 Å². The third-order valence-electron chi connectivity index (χ3n) is 2.94. The van der Waals surface area contributed by atoms with Crippen LogP contribution in [0.2, 0.25) is 0 Å². The molecule has 0 saturated heterocycles. The summed E-state index contributed by atoms with van der Waals surface area (Å²) in [6.45, 7) is 0. The van der Waals surface area contributed by atoms with Crippen molar-refractivity contribution in [2.75, 3.05) is 7.11 Å². The SMILES string of the molecule is COc1ccc2cc(CC=CN(O)C(N)=O)ccc2c1. The number of carbonyl (C=O) groups is 1. The third-order valence-corrected chi connectivity index (χ3v) is 2.94. The summed E-state index contributed by atoms with van der Waals surface area (Å²) in [5.41, 5.74) is 5.96. The zero-order valence-corrected chi connectivity index (χ0v) is 11.1. The Hall–Kier alpha value is -2.53. The van der Waals surface area contributed by atoms with E-state index in [9.17, 15) is 4.79 Å². The van der Waals surface area contributed by atoms with Crippen molar-refractivity contribution >= 4 is 16.8 Å². The predicted molar refractivity (Wildman–Crippen MR) is 76.6 cm³/mol. The van der Waals surface area contributed by atoms with Crippen LogP contribution in [0.5, 0.6) is 5.75 Å². The smallest absolute Gasteiger partial charge is 0.342 e. The molecule has 0 saturated carbocycles. The Labute approximate surface area is 116 Å². The highest BCUT2D eigenvalue weighted by Gasteiger charge is 2.00. The van der Waals surface area contributed by atoms with Crippen LogP contribution in [0, 0.1) is 0 Å². The van der Waals surface area contributed by atoms with Gasteiger partial charge in [-0.2, -0.15) is 5.06 Å². The highest BCUT2D eigenvalue weighted by atomic mass is 16.5. The van der Waals surface area contributed by atoms with Crippen molar-refractivity contribution in [3.05, 3.63) is 54.2 Å². The molecule has 2 amide bonds. The van der Waals surface area contributed by atoms with E-state index in [1.165, 1.54) is 6.20 Å². The summed E-state index contributed by atoms with van der Waals surface area (Å²) in [7, 11) is 1.64. The molecular weight excluding hydrogens is 256 g/mol. The molecule has 0 aromatic heterocycles. The van der Waals surface area contributed by atoms with Gasteiger partial charge in [0.15, 0.2) is 0 Å². The van der Waals surface area contributed by atoms with Crippen molar-refractivity contribution in [3.63, 3.8) is 0 Å². The van der Waals surface area contributed by atoms with Gasteiger partial charge in [0.1, 0.15) is 5.75 Å². The zero-order chi connectivity index (χ0) is 14.5. The lowest BCUT2D eigenvalue weighted by atomic mass is 10.0. The molecule has 2 aromatic rings. The number of allylic oxidation sites excluding steroid dienone is 1. The number of hydrogen-bond acceptors (Lipinski definition) is 3. The van der Waals surface area contributed by atoms with Crippen LogP contribution in [0.4, 0.5) is 4.79 Å². The van der Waals surface area contributed by atoms with Crippen molar-refractivity contribution in [3.8, 4) is 5.75 Å². The molecule has 0 atom stereocenters. The number of hydrogen-bond donors (Lipinski definition) is 2. The van der Waals surface area contributed by atoms with E-state index in [-0.39, 0.29) is 0 Å². The Bertz CT molecular complexity index is 653. The minimum Gasteiger partial charge on any atom is -0.497 e. The molecule has 0 aliphatic carbocycles. The molecule has 0 aliphatic heterocycles. The Balaban J connectivity index is 2.14. The van der Waals surface area contributed by atoms with Gasteiger partial charge < -0.3 is 10.5 Å². The lowest BCUT2D eigenvalue weighted by molar-refractivity contribution is 0.00755. The Morgan fingerprint density at radius 2 is 2.00 bits per heavy atom. The van der Waals surface area contributed by atoms with Crippen LogP contribution in [-0.2, 0) is 6.42 Å². The second-order valence-corrected chi connectivity index (χ2v) is 4.32. The molecule has 20 heavy (non-hydrogen) atoms. The van der Waals surface area contributed by atoms with E-state index in [1.807, 2.05) is 36.4 Å². The van der Waals surface area contributed by atoms with Crippen LogP contribution in [0.25, 0.3) is 10.8 Å². The van der Waals surface area contributed by atoms with Gasteiger partial charge >= 0.3 is 6.03 Å². The van der Waals surface area contributed by atoms with Crippen LogP contribution >= 0.6 is 0 Å². The number of hydroxylamine groups is 2. The van der Waals surface area contributed by atoms with Gasteiger partial charge in [0, 0.05) is 6.20 Å². The summed E-state index contributed by atoms with van der Waals surface area (Å²) >= 11 is 0. The molecule has 104 valence electrons. The maximum atomic E-state index is 10.6. The lowest BCUT2D eigenvalue weighted by Crippen LogP contribution is -2.27. The Morgan fingerprint density at radius 3 is 2.70 bits per heavy atom. The molecule has 5 nitrogen and oxygen atoms in total. The molecule has 2 rings (SSSR count). The van der Waals surface area contributed by atoms with Crippen molar-refractivity contribution in [2.24, 2.45) is 5.73 Å². The molecule has 0 heterocycles. The minimum absolute atomic E-state index is 0.353. The number of carbonyl (C=O) groups excluding carboxylic acids is 1. The first-order valence-corrected chi connectivity index (χ1v) is 6.11. The molecule has 0 aliphatic rings. The number of methoxy groups -OCH3 is 1. The average Bonchev–Trinajstić information content (AvgIpc) is 2.46. The standard InChI is InChI=1S/C15H16N2O3/c1-20-14-7-6-12-9-11(4-5-13(12)10-14)3-2-8-17(19)15(16)18/h2,4-10,19H,3H2,1H3,(H2,16,18). The van der Waals surface area contributed by atoms with Crippen LogP contribution in [0.15, 0.2) is 48.7 Å². The lowest BCUT2D eigenvalue weighted by Gasteiger charge is -2.06. The number of ether oxygens (including phenoxy) is 1. The van der Waals surface area contributed by atoms with Crippen molar-refractivity contribution in [1.82, 2.24) is 5.06 Å². The normalized spacial score (nSPS) is 10.9. The number of urea groups is 1. The maximum Gasteiger partial charge on any atom is 0.342 e. The van der Waals surface area contributed by atoms with Gasteiger partial charge in [0.2, 0.25) is 0 Å². The number of amides is 2. The second kappa shape index (κ2) is 6.08. The van der Waals surface area contributed by atoms with Gasteiger partial charge in [0.05, 0.1) is 7.11 Å². The maximum absolute atomic E-state index is 10.6. The number of nitrogens with zero attached hydrogens (tertiary/aromatic N) is 1. The minimum atomic E-state index is -0.910. The quantitative estimate of drug-likeness (QED) is 0.663. The molecule has 0 fully saturated rings. The molecule has 0 radical (unpaired) electrons. The van der Waals surface area contributed by atoms with Gasteiger partial charge in [-0.25, -0.2) is 4.79 Å². The largest absolute Gasteiger partial charge is 0.497 e. The van der Waals surface area contributed by atoms with Gasteiger partial charge in [-0.1, -0.05) is 30.3 Å². The summed E-state index contributed by atoms with van der Waals surface area (Å²) < 4.78 is 5.18. The van der Waals surface area contributed by atoms with Gasteiger partial charge in [-0.05, 0) is 34.9 Å². The van der Waals surface area contributed by atoms with Crippen molar-refractivity contribution < 1.29 is 14.7 Å². The monoisotopic (exact) mass is 272 g/mol. The van der Waals surface area contributed by atoms with Gasteiger partial charge in [-0.15, -0.1) is 0 Å². The van der Waals surface area contributed by atoms with Crippen LogP contribution in [0.3, 0.4) is 0 Å². The summed E-state index contributed by atoms with van der Waals surface area (Å²) in [5, 5.41) is 11.6. The Kier molecular flexibility index (Phi) is 4.22. The summed E-state index contributed by atoms with van der Waals surface area (Å²) in [5.74, 6) is 0.822. The van der Waals surface area contributed by atoms with E-state index in [0.717, 1.165) is 22.1 Å². The van der Waals surface area contributed by atoms with Gasteiger partial charge in [0.25, 0.3) is 0 Å². The van der Waals surface area contributed by atoms with Crippen LogP contribution < -0.4 is 10.5 Å². The fourth-order valence-electron chi connectivity index (χ4n) is 1.89. The predicted octanol–water partition coefficient (Wildman–Crippen LogP) is 2.67. The van der Waals surface area contributed by atoms with Crippen LogP contribution in [0.1, 0.15) is 5.56 Å². The highest BCUT2D eigenvalue weighted by Crippen LogP contribution is 2.22. The van der Waals surface area contributed by atoms with E-state index in [0.29, 0.717) is 11.5 Å². The molecule has 0 unspecified atom stereocenters. The summed E-state index contributed by atoms with van der Waals surface area (Å²) in [4.78, 5) is 10.6. The first-order chi connectivity index (χ1) is 9.60. The van der Waals surface area contributed by atoms with Crippen molar-refractivity contribution in [1.29, 1.82) is 0 Å². The van der Waals surface area contributed by atoms with Crippen molar-refractivity contribution in [2.45, 2.75) is 6.42 Å². The van der Waals surface area contributed by atoms with E-state index in [2.05, 4.69) is 0 Å². The van der Waals surface area contributed by atoms with E-state index in [1.54, 1.807) is 13.2 Å². The molecule has 2 aromatic carbocycles. The first kappa shape index (κ1) is 13.9. The molecule has 0 spiro atoms. The second-order valence-electron chi connectivity index (χ2n) is 4.32. The highest BCUT2D eigenvalue weighted by molar-refractivity contribution is 5.84. The molecule has 5 heteroatoms. The van der Waals surface area contributed by atoms with E-state index in [4.69, 9.17) is 15.7 Å². The third kappa shape index (κ3) is 3.27. The van der Waals surface area contributed by atoms with E-state index < -0.39 is 6.03 Å². The number of benzene rings is 2. The fourth-order valence-corrected chi connectivity index (χ4v) is 1.89. The zero-order valence-electron chi connectivity index (χ0n) is 11.1. The number of rotatable bonds is 4. The fraction of sp³-hybridized carbons (Fsp3) is 0.133. The Morgan fingerprint density at radius 1 is 1.30 bits per heavy atom. The topological polar surface area (TPSA) is 75.8 Å². The first-order valence-electron chi connectivity index (χ1n) is 6.11. The molecule has 3 N–H and O–H groups in total. The summed E-state index contributed by atoms with van der Waals surface area (Å²) in [6, 6.07) is 11.0. The average molecular weight is 272 g/mol. The molecular formula is C15H16N2O3. The number of nitrogens with two attached hydrogens (primary N) is 1. The number of fused-ring (bicyclic) bond motifs is 1. The molecule has 0 bridgehead atoms. The van der Waals surface area contributed by atoms with E-state index >= 15 is 0 Å². The number of primary amides is 1. The van der Waals surface area contributed by atoms with Crippen LogP contribution in [-0.4, -0.2) is 23.4 Å². The summed E-state index contributed by atoms with van der Waals surface area (Å²) in [6.07, 6.45) is 3.49.